The van der Waals surface area contributed by atoms with Gasteiger partial charge in [0, 0.05) is 12.7 Å². The molecule has 0 bridgehead atoms. The normalized spacial score (nSPS) is 11.6. The number of nitrogens with one attached hydrogen (secondary N) is 1. The number of hydrogen-bond acceptors (Lipinski definition) is 2. The summed E-state index contributed by atoms with van der Waals surface area (Å²) in [4.78, 5) is 0. The fourth-order valence-corrected chi connectivity index (χ4v) is 2.11. The van der Waals surface area contributed by atoms with Crippen molar-refractivity contribution in [1.29, 1.82) is 0 Å². The van der Waals surface area contributed by atoms with E-state index in [4.69, 9.17) is 0 Å². The van der Waals surface area contributed by atoms with Gasteiger partial charge in [-0.05, 0) is 36.1 Å². The highest BCUT2D eigenvalue weighted by Crippen LogP contribution is 2.23. The molecule has 2 rings (SSSR count). The van der Waals surface area contributed by atoms with Crippen LogP contribution in [0.25, 0.3) is 0 Å². The average Bonchev–Trinajstić information content (AvgIpc) is 2.65. The smallest absolute Gasteiger partial charge is 0.0597 e. The van der Waals surface area contributed by atoms with E-state index in [0.717, 1.165) is 17.9 Å². The molecule has 2 aromatic rings. The van der Waals surface area contributed by atoms with Crippen molar-refractivity contribution in [2.75, 3.05) is 5.32 Å². The van der Waals surface area contributed by atoms with E-state index in [9.17, 15) is 0 Å². The predicted molar refractivity (Wildman–Crippen MR) is 80.4 cm³/mol. The van der Waals surface area contributed by atoms with Crippen molar-refractivity contribution in [3.63, 3.8) is 0 Å². The largest absolute Gasteiger partial charge is 0.379 e. The van der Waals surface area contributed by atoms with E-state index in [1.165, 1.54) is 11.3 Å². The summed E-state index contributed by atoms with van der Waals surface area (Å²) in [6.45, 7) is 9.50. The van der Waals surface area contributed by atoms with Crippen molar-refractivity contribution in [2.45, 2.75) is 39.7 Å². The first kappa shape index (κ1) is 13.7. The zero-order chi connectivity index (χ0) is 14.0. The lowest BCUT2D eigenvalue weighted by molar-refractivity contribution is 0.590. The van der Waals surface area contributed by atoms with E-state index in [1.54, 1.807) is 0 Å². The molecule has 1 heterocycles. The first-order valence-electron chi connectivity index (χ1n) is 6.70. The average molecular weight is 257 g/mol. The van der Waals surface area contributed by atoms with E-state index in [0.29, 0.717) is 0 Å². The molecule has 1 aromatic heterocycles. The Hall–Kier alpha value is -1.77. The summed E-state index contributed by atoms with van der Waals surface area (Å²) in [5.74, 6) is 0. The van der Waals surface area contributed by atoms with Gasteiger partial charge in [0.25, 0.3) is 0 Å². The molecule has 3 nitrogen and oxygen atoms in total. The highest BCUT2D eigenvalue weighted by Gasteiger charge is 2.12. The van der Waals surface area contributed by atoms with Gasteiger partial charge in [0.05, 0.1) is 17.9 Å². The fraction of sp³-hybridized carbons (Fsp3) is 0.438. The van der Waals surface area contributed by atoms with Gasteiger partial charge >= 0.3 is 0 Å². The molecule has 19 heavy (non-hydrogen) atoms. The second-order valence-electron chi connectivity index (χ2n) is 6.08. The van der Waals surface area contributed by atoms with Crippen molar-refractivity contribution in [3.8, 4) is 0 Å². The monoisotopic (exact) mass is 257 g/mol. The summed E-state index contributed by atoms with van der Waals surface area (Å²) in [6.07, 6.45) is 0. The van der Waals surface area contributed by atoms with E-state index in [2.05, 4.69) is 61.5 Å². The van der Waals surface area contributed by atoms with Crippen LogP contribution in [0.15, 0.2) is 30.3 Å². The third kappa shape index (κ3) is 3.37. The maximum absolute atomic E-state index is 4.35. The second-order valence-corrected chi connectivity index (χ2v) is 6.08. The Morgan fingerprint density at radius 2 is 1.79 bits per heavy atom. The van der Waals surface area contributed by atoms with Crippen molar-refractivity contribution in [1.82, 2.24) is 9.78 Å². The lowest BCUT2D eigenvalue weighted by atomic mass is 9.87. The van der Waals surface area contributed by atoms with Gasteiger partial charge in [0.1, 0.15) is 0 Å². The first-order valence-corrected chi connectivity index (χ1v) is 6.70. The van der Waals surface area contributed by atoms with Crippen LogP contribution in [-0.2, 0) is 19.0 Å². The summed E-state index contributed by atoms with van der Waals surface area (Å²) >= 11 is 0. The molecule has 0 unspecified atom stereocenters. The van der Waals surface area contributed by atoms with Gasteiger partial charge in [-0.3, -0.25) is 4.68 Å². The van der Waals surface area contributed by atoms with Gasteiger partial charge in [-0.2, -0.15) is 5.10 Å². The summed E-state index contributed by atoms with van der Waals surface area (Å²) in [6, 6.07) is 10.8. The van der Waals surface area contributed by atoms with Crippen LogP contribution in [0.4, 0.5) is 5.69 Å². The summed E-state index contributed by atoms with van der Waals surface area (Å²) in [7, 11) is 1.98. The standard InChI is InChI=1S/C16H23N3/c1-12-10-15(19(5)18-12)11-17-14-8-6-13(7-9-14)16(2,3)4/h6-10,17H,11H2,1-5H3. The van der Waals surface area contributed by atoms with Crippen LogP contribution >= 0.6 is 0 Å². The molecule has 1 aromatic carbocycles. The molecule has 0 aliphatic rings. The lowest BCUT2D eigenvalue weighted by Gasteiger charge is -2.19. The van der Waals surface area contributed by atoms with Crippen LogP contribution in [0.2, 0.25) is 0 Å². The molecule has 1 N–H and O–H groups in total. The number of aromatic nitrogens is 2. The van der Waals surface area contributed by atoms with Crippen LogP contribution in [0, 0.1) is 6.92 Å². The number of aryl methyl sites for hydroxylation is 2. The number of hydrogen-bond donors (Lipinski definition) is 1. The maximum atomic E-state index is 4.35. The highest BCUT2D eigenvalue weighted by atomic mass is 15.3. The Balaban J connectivity index is 2.02. The molecule has 0 spiro atoms. The summed E-state index contributed by atoms with van der Waals surface area (Å²) in [5.41, 5.74) is 4.96. The minimum absolute atomic E-state index is 0.206. The first-order chi connectivity index (χ1) is 8.86. The van der Waals surface area contributed by atoms with E-state index in [-0.39, 0.29) is 5.41 Å². The molecule has 3 heteroatoms. The van der Waals surface area contributed by atoms with Crippen LogP contribution in [0.3, 0.4) is 0 Å². The SMILES string of the molecule is Cc1cc(CNc2ccc(C(C)(C)C)cc2)n(C)n1. The molecule has 0 aliphatic carbocycles. The van der Waals surface area contributed by atoms with E-state index in [1.807, 2.05) is 18.7 Å². The maximum Gasteiger partial charge on any atom is 0.0597 e. The summed E-state index contributed by atoms with van der Waals surface area (Å²) in [5, 5.41) is 7.78. The molecule has 102 valence electrons. The molecule has 0 saturated heterocycles. The number of anilines is 1. The molecule has 0 amide bonds. The molecule has 0 radical (unpaired) electrons. The van der Waals surface area contributed by atoms with E-state index >= 15 is 0 Å². The highest BCUT2D eigenvalue weighted by molar-refractivity contribution is 5.46. The van der Waals surface area contributed by atoms with Crippen molar-refractivity contribution >= 4 is 5.69 Å². The van der Waals surface area contributed by atoms with Gasteiger partial charge in [0.2, 0.25) is 0 Å². The second kappa shape index (κ2) is 5.08. The molecular formula is C16H23N3. The molecule has 0 atom stereocenters. The Morgan fingerprint density at radius 1 is 1.16 bits per heavy atom. The molecule has 0 fully saturated rings. The Bertz CT molecular complexity index is 544. The van der Waals surface area contributed by atoms with Gasteiger partial charge in [-0.1, -0.05) is 32.9 Å². The zero-order valence-corrected chi connectivity index (χ0v) is 12.5. The van der Waals surface area contributed by atoms with Crippen LogP contribution in [-0.4, -0.2) is 9.78 Å². The quantitative estimate of drug-likeness (QED) is 0.909. The van der Waals surface area contributed by atoms with Gasteiger partial charge < -0.3 is 5.32 Å². The molecule has 0 aliphatic heterocycles. The number of rotatable bonds is 3. The zero-order valence-electron chi connectivity index (χ0n) is 12.5. The van der Waals surface area contributed by atoms with Gasteiger partial charge in [0.15, 0.2) is 0 Å². The number of nitrogens with zero attached hydrogens (tertiary/aromatic N) is 2. The predicted octanol–water partition coefficient (Wildman–Crippen LogP) is 3.64. The molecular weight excluding hydrogens is 234 g/mol. The lowest BCUT2D eigenvalue weighted by Crippen LogP contribution is -2.11. The minimum atomic E-state index is 0.206. The van der Waals surface area contributed by atoms with Gasteiger partial charge in [-0.25, -0.2) is 0 Å². The minimum Gasteiger partial charge on any atom is -0.379 e. The van der Waals surface area contributed by atoms with Gasteiger partial charge in [-0.15, -0.1) is 0 Å². The van der Waals surface area contributed by atoms with Crippen molar-refractivity contribution in [3.05, 3.63) is 47.3 Å². The summed E-state index contributed by atoms with van der Waals surface area (Å²) < 4.78 is 1.92. The van der Waals surface area contributed by atoms with Crippen LogP contribution < -0.4 is 5.32 Å². The van der Waals surface area contributed by atoms with Crippen LogP contribution in [0.1, 0.15) is 37.7 Å². The Labute approximate surface area is 115 Å². The topological polar surface area (TPSA) is 29.9 Å². The third-order valence-electron chi connectivity index (χ3n) is 3.32. The number of benzene rings is 1. The fourth-order valence-electron chi connectivity index (χ4n) is 2.11. The Morgan fingerprint density at radius 3 is 2.26 bits per heavy atom. The third-order valence-corrected chi connectivity index (χ3v) is 3.32. The van der Waals surface area contributed by atoms with Crippen molar-refractivity contribution in [2.24, 2.45) is 7.05 Å². The van der Waals surface area contributed by atoms with E-state index < -0.39 is 0 Å². The van der Waals surface area contributed by atoms with Crippen molar-refractivity contribution < 1.29 is 0 Å². The molecule has 0 saturated carbocycles. The Kier molecular flexibility index (Phi) is 3.65. The van der Waals surface area contributed by atoms with Crippen LogP contribution in [0.5, 0.6) is 0 Å².